The summed E-state index contributed by atoms with van der Waals surface area (Å²) in [7, 11) is 0. The lowest BCUT2D eigenvalue weighted by atomic mass is 10.1. The number of amides is 1. The minimum Gasteiger partial charge on any atom is -0.384 e. The van der Waals surface area contributed by atoms with E-state index in [-0.39, 0.29) is 23.0 Å². The number of hydrogen-bond acceptors (Lipinski definition) is 4. The van der Waals surface area contributed by atoms with Crippen molar-refractivity contribution in [1.29, 1.82) is 0 Å². The maximum absolute atomic E-state index is 12.3. The zero-order chi connectivity index (χ0) is 13.3. The highest BCUT2D eigenvalue weighted by Gasteiger charge is 2.31. The third-order valence-corrected chi connectivity index (χ3v) is 3.09. The molecule has 1 aromatic heterocycles. The molecule has 2 N–H and O–H groups in total. The van der Waals surface area contributed by atoms with E-state index in [1.165, 1.54) is 0 Å². The van der Waals surface area contributed by atoms with Crippen molar-refractivity contribution >= 4 is 23.3 Å². The minimum atomic E-state index is -0.347. The minimum absolute atomic E-state index is 0.203. The third kappa shape index (κ3) is 2.73. The highest BCUT2D eigenvalue weighted by atomic mass is 35.5. The Morgan fingerprint density at radius 1 is 1.56 bits per heavy atom. The number of hydrogen-bond donors (Lipinski definition) is 1. The van der Waals surface area contributed by atoms with E-state index < -0.39 is 0 Å². The molecule has 0 spiro atoms. The van der Waals surface area contributed by atoms with Crippen molar-refractivity contribution in [2.24, 2.45) is 0 Å². The Hall–Kier alpha value is -1.33. The van der Waals surface area contributed by atoms with Gasteiger partial charge >= 0.3 is 0 Å². The van der Waals surface area contributed by atoms with Crippen LogP contribution >= 0.6 is 11.6 Å². The number of nitrogen functional groups attached to an aromatic ring is 1. The molecule has 1 aliphatic rings. The molecular formula is C12H16ClN3O2. The Morgan fingerprint density at radius 2 is 2.28 bits per heavy atom. The van der Waals surface area contributed by atoms with Crippen molar-refractivity contribution in [2.45, 2.75) is 19.4 Å². The molecule has 2 heterocycles. The fraction of sp³-hybridized carbons (Fsp3) is 0.500. The van der Waals surface area contributed by atoms with Crippen LogP contribution in [0.25, 0.3) is 0 Å². The average molecular weight is 270 g/mol. The molecule has 0 unspecified atom stereocenters. The number of rotatable bonds is 1. The van der Waals surface area contributed by atoms with E-state index >= 15 is 0 Å². The number of halogens is 1. The molecule has 98 valence electrons. The van der Waals surface area contributed by atoms with E-state index in [9.17, 15) is 4.79 Å². The molecular weight excluding hydrogens is 254 g/mol. The Morgan fingerprint density at radius 3 is 2.94 bits per heavy atom. The fourth-order valence-electron chi connectivity index (χ4n) is 1.95. The molecule has 1 amide bonds. The van der Waals surface area contributed by atoms with E-state index in [0.717, 1.165) is 0 Å². The van der Waals surface area contributed by atoms with Gasteiger partial charge in [-0.3, -0.25) is 4.79 Å². The predicted molar refractivity (Wildman–Crippen MR) is 69.6 cm³/mol. The number of nitrogens with two attached hydrogens (primary N) is 1. The second kappa shape index (κ2) is 4.74. The first-order chi connectivity index (χ1) is 8.39. The molecule has 6 heteroatoms. The number of ether oxygens (including phenoxy) is 1. The van der Waals surface area contributed by atoms with Gasteiger partial charge in [0, 0.05) is 13.1 Å². The summed E-state index contributed by atoms with van der Waals surface area (Å²) in [5.74, 6) is 0.0824. The molecule has 1 fully saturated rings. The molecule has 1 aromatic rings. The van der Waals surface area contributed by atoms with E-state index in [1.807, 2.05) is 13.8 Å². The standard InChI is InChI=1S/C12H16ClN3O2/c1-12(2)7-16(5-6-18-12)11(17)10-8(13)3-4-9(14)15-10/h3-4H,5-7H2,1-2H3,(H2,14,15). The number of morpholine rings is 1. The van der Waals surface area contributed by atoms with Crippen LogP contribution in [0.1, 0.15) is 24.3 Å². The number of carbonyl (C=O) groups is 1. The fourth-order valence-corrected chi connectivity index (χ4v) is 2.13. The summed E-state index contributed by atoms with van der Waals surface area (Å²) < 4.78 is 5.56. The number of aromatic nitrogens is 1. The van der Waals surface area contributed by atoms with Crippen LogP contribution in [0.2, 0.25) is 5.02 Å². The highest BCUT2D eigenvalue weighted by molar-refractivity contribution is 6.33. The summed E-state index contributed by atoms with van der Waals surface area (Å²) in [6, 6.07) is 3.16. The van der Waals surface area contributed by atoms with Crippen LogP contribution in [0.4, 0.5) is 5.82 Å². The lowest BCUT2D eigenvalue weighted by Crippen LogP contribution is -2.50. The van der Waals surface area contributed by atoms with Gasteiger partial charge in [-0.25, -0.2) is 4.98 Å². The van der Waals surface area contributed by atoms with Gasteiger partial charge in [-0.15, -0.1) is 0 Å². The lowest BCUT2D eigenvalue weighted by Gasteiger charge is -2.38. The molecule has 5 nitrogen and oxygen atoms in total. The van der Waals surface area contributed by atoms with Gasteiger partial charge in [-0.05, 0) is 26.0 Å². The summed E-state index contributed by atoms with van der Waals surface area (Å²) in [6.07, 6.45) is 0. The van der Waals surface area contributed by atoms with Gasteiger partial charge in [0.25, 0.3) is 5.91 Å². The van der Waals surface area contributed by atoms with Crippen molar-refractivity contribution in [3.63, 3.8) is 0 Å². The average Bonchev–Trinajstić information content (AvgIpc) is 2.30. The summed E-state index contributed by atoms with van der Waals surface area (Å²) in [6.45, 7) is 5.45. The number of anilines is 1. The first-order valence-electron chi connectivity index (χ1n) is 5.74. The topological polar surface area (TPSA) is 68.5 Å². The van der Waals surface area contributed by atoms with E-state index in [0.29, 0.717) is 24.7 Å². The maximum atomic E-state index is 12.3. The molecule has 0 bridgehead atoms. The summed E-state index contributed by atoms with van der Waals surface area (Å²) in [5, 5.41) is 0.318. The summed E-state index contributed by atoms with van der Waals surface area (Å²) in [4.78, 5) is 18.0. The molecule has 0 radical (unpaired) electrons. The second-order valence-corrected chi connectivity index (χ2v) is 5.31. The quantitative estimate of drug-likeness (QED) is 0.840. The summed E-state index contributed by atoms with van der Waals surface area (Å²) in [5.41, 5.74) is 5.44. The smallest absolute Gasteiger partial charge is 0.274 e. The van der Waals surface area contributed by atoms with Gasteiger partial charge in [-0.2, -0.15) is 0 Å². The van der Waals surface area contributed by atoms with Gasteiger partial charge in [0.05, 0.1) is 17.2 Å². The van der Waals surface area contributed by atoms with Crippen molar-refractivity contribution in [3.05, 3.63) is 22.8 Å². The Labute approximate surface area is 111 Å². The van der Waals surface area contributed by atoms with Crippen molar-refractivity contribution in [1.82, 2.24) is 9.88 Å². The molecule has 0 aromatic carbocycles. The predicted octanol–water partition coefficient (Wildman–Crippen LogP) is 1.57. The Kier molecular flexibility index (Phi) is 3.45. The Balaban J connectivity index is 2.23. The maximum Gasteiger partial charge on any atom is 0.274 e. The number of nitrogens with zero attached hydrogens (tertiary/aromatic N) is 2. The van der Waals surface area contributed by atoms with Crippen LogP contribution in [-0.4, -0.2) is 41.1 Å². The van der Waals surface area contributed by atoms with Crippen molar-refractivity contribution < 1.29 is 9.53 Å². The first-order valence-corrected chi connectivity index (χ1v) is 6.12. The SMILES string of the molecule is CC1(C)CN(C(=O)c2nc(N)ccc2Cl)CCO1. The van der Waals surface area contributed by atoms with Gasteiger partial charge < -0.3 is 15.4 Å². The third-order valence-electron chi connectivity index (χ3n) is 2.78. The molecule has 1 saturated heterocycles. The number of carbonyl (C=O) groups excluding carboxylic acids is 1. The van der Waals surface area contributed by atoms with Crippen LogP contribution in [0.5, 0.6) is 0 Å². The van der Waals surface area contributed by atoms with E-state index in [2.05, 4.69) is 4.98 Å². The van der Waals surface area contributed by atoms with Crippen molar-refractivity contribution in [3.8, 4) is 0 Å². The van der Waals surface area contributed by atoms with E-state index in [4.69, 9.17) is 22.1 Å². The number of pyridine rings is 1. The van der Waals surface area contributed by atoms with Crippen LogP contribution in [0.15, 0.2) is 12.1 Å². The molecule has 0 atom stereocenters. The van der Waals surface area contributed by atoms with Gasteiger partial charge in [0.2, 0.25) is 0 Å². The largest absolute Gasteiger partial charge is 0.384 e. The normalized spacial score (nSPS) is 18.7. The molecule has 0 aliphatic carbocycles. The molecule has 18 heavy (non-hydrogen) atoms. The van der Waals surface area contributed by atoms with Crippen LogP contribution in [0, 0.1) is 0 Å². The monoisotopic (exact) mass is 269 g/mol. The van der Waals surface area contributed by atoms with Crippen LogP contribution < -0.4 is 5.73 Å². The Bertz CT molecular complexity index is 476. The van der Waals surface area contributed by atoms with Crippen LogP contribution in [-0.2, 0) is 4.74 Å². The molecule has 0 saturated carbocycles. The van der Waals surface area contributed by atoms with Gasteiger partial charge in [0.15, 0.2) is 0 Å². The van der Waals surface area contributed by atoms with Crippen molar-refractivity contribution in [2.75, 3.05) is 25.4 Å². The van der Waals surface area contributed by atoms with Gasteiger partial charge in [-0.1, -0.05) is 11.6 Å². The molecule has 2 rings (SSSR count). The summed E-state index contributed by atoms with van der Waals surface area (Å²) >= 11 is 5.98. The van der Waals surface area contributed by atoms with Gasteiger partial charge in [0.1, 0.15) is 11.5 Å². The zero-order valence-electron chi connectivity index (χ0n) is 10.4. The first kappa shape index (κ1) is 13.1. The second-order valence-electron chi connectivity index (χ2n) is 4.90. The van der Waals surface area contributed by atoms with Crippen LogP contribution in [0.3, 0.4) is 0 Å². The molecule has 1 aliphatic heterocycles. The highest BCUT2D eigenvalue weighted by Crippen LogP contribution is 2.21. The lowest BCUT2D eigenvalue weighted by molar-refractivity contribution is -0.0765. The zero-order valence-corrected chi connectivity index (χ0v) is 11.2. The van der Waals surface area contributed by atoms with E-state index in [1.54, 1.807) is 17.0 Å².